The van der Waals surface area contributed by atoms with Crippen LogP contribution in [-0.2, 0) is 9.53 Å². The minimum absolute atomic E-state index is 0.209. The molecule has 1 amide bonds. The van der Waals surface area contributed by atoms with E-state index in [1.165, 1.54) is 20.3 Å². The Morgan fingerprint density at radius 2 is 1.85 bits per heavy atom. The number of carbonyl (C=O) groups is 2. The van der Waals surface area contributed by atoms with Crippen molar-refractivity contribution in [1.82, 2.24) is 5.32 Å². The van der Waals surface area contributed by atoms with Crippen LogP contribution in [0.3, 0.4) is 0 Å². The van der Waals surface area contributed by atoms with Crippen molar-refractivity contribution in [1.29, 1.82) is 0 Å². The van der Waals surface area contributed by atoms with Gasteiger partial charge in [-0.15, -0.1) is 0 Å². The van der Waals surface area contributed by atoms with E-state index in [4.69, 9.17) is 25.8 Å². The summed E-state index contributed by atoms with van der Waals surface area (Å²) in [7, 11) is 2.95. The van der Waals surface area contributed by atoms with Crippen LogP contribution in [0.2, 0.25) is 5.02 Å². The van der Waals surface area contributed by atoms with Crippen LogP contribution >= 0.6 is 11.6 Å². The van der Waals surface area contributed by atoms with Crippen molar-refractivity contribution in [3.8, 4) is 11.5 Å². The molecule has 26 heavy (non-hydrogen) atoms. The average Bonchev–Trinajstić information content (AvgIpc) is 2.65. The molecule has 1 N–H and O–H groups in total. The van der Waals surface area contributed by atoms with Crippen LogP contribution in [0.4, 0.5) is 0 Å². The smallest absolute Gasteiger partial charge is 0.342 e. The Morgan fingerprint density at radius 3 is 2.50 bits per heavy atom. The highest BCUT2D eigenvalue weighted by atomic mass is 35.5. The van der Waals surface area contributed by atoms with Gasteiger partial charge in [-0.3, -0.25) is 4.79 Å². The zero-order valence-corrected chi connectivity index (χ0v) is 15.5. The largest absolute Gasteiger partial charge is 0.497 e. The molecule has 0 heterocycles. The Bertz CT molecular complexity index is 793. The Kier molecular flexibility index (Phi) is 6.86. The first-order valence-corrected chi connectivity index (χ1v) is 8.27. The van der Waals surface area contributed by atoms with Crippen molar-refractivity contribution in [2.45, 2.75) is 13.0 Å². The Morgan fingerprint density at radius 1 is 1.12 bits per heavy atom. The summed E-state index contributed by atoms with van der Waals surface area (Å²) in [5, 5.41) is 3.29. The van der Waals surface area contributed by atoms with Crippen molar-refractivity contribution in [3.63, 3.8) is 0 Å². The molecule has 0 aliphatic carbocycles. The summed E-state index contributed by atoms with van der Waals surface area (Å²) in [6, 6.07) is 11.6. The SMILES string of the molecule is COc1ccc(C(=O)OCC(=O)N[C@@H](C)c2ccccc2Cl)c(OC)c1. The number of ether oxygens (including phenoxy) is 3. The van der Waals surface area contributed by atoms with Crippen LogP contribution in [0, 0.1) is 0 Å². The summed E-state index contributed by atoms with van der Waals surface area (Å²) in [6.45, 7) is 1.39. The van der Waals surface area contributed by atoms with Crippen LogP contribution in [0.25, 0.3) is 0 Å². The summed E-state index contributed by atoms with van der Waals surface area (Å²) < 4.78 is 15.3. The second kappa shape index (κ2) is 9.10. The summed E-state index contributed by atoms with van der Waals surface area (Å²) in [5.74, 6) is -0.243. The molecule has 0 aliphatic rings. The fraction of sp³-hybridized carbons (Fsp3) is 0.263. The van der Waals surface area contributed by atoms with Crippen molar-refractivity contribution >= 4 is 23.5 Å². The molecular formula is C19H20ClNO5. The first-order valence-electron chi connectivity index (χ1n) is 7.89. The fourth-order valence-corrected chi connectivity index (χ4v) is 2.66. The molecule has 2 aromatic carbocycles. The van der Waals surface area contributed by atoms with Crippen molar-refractivity contribution in [3.05, 3.63) is 58.6 Å². The minimum atomic E-state index is -0.662. The van der Waals surface area contributed by atoms with Gasteiger partial charge in [-0.1, -0.05) is 29.8 Å². The van der Waals surface area contributed by atoms with E-state index in [0.29, 0.717) is 16.5 Å². The summed E-state index contributed by atoms with van der Waals surface area (Å²) >= 11 is 6.11. The first kappa shape index (κ1) is 19.6. The second-order valence-corrected chi connectivity index (χ2v) is 5.86. The second-order valence-electron chi connectivity index (χ2n) is 5.45. The van der Waals surface area contributed by atoms with Crippen LogP contribution in [0.1, 0.15) is 28.9 Å². The highest BCUT2D eigenvalue weighted by Gasteiger charge is 2.18. The van der Waals surface area contributed by atoms with Gasteiger partial charge in [-0.2, -0.15) is 0 Å². The lowest BCUT2D eigenvalue weighted by Gasteiger charge is -2.16. The summed E-state index contributed by atoms with van der Waals surface area (Å²) in [4.78, 5) is 24.2. The molecule has 1 atom stereocenters. The van der Waals surface area contributed by atoms with E-state index in [1.54, 1.807) is 25.1 Å². The maximum atomic E-state index is 12.2. The van der Waals surface area contributed by atoms with E-state index in [1.807, 2.05) is 18.2 Å². The third kappa shape index (κ3) is 4.89. The Balaban J connectivity index is 1.95. The van der Waals surface area contributed by atoms with Crippen LogP contribution in [0.15, 0.2) is 42.5 Å². The van der Waals surface area contributed by atoms with E-state index < -0.39 is 18.5 Å². The standard InChI is InChI=1S/C19H20ClNO5/c1-12(14-6-4-5-7-16(14)20)21-18(22)11-26-19(23)15-9-8-13(24-2)10-17(15)25-3/h4-10,12H,11H2,1-3H3,(H,21,22)/t12-/m0/s1. The minimum Gasteiger partial charge on any atom is -0.497 e. The Hall–Kier alpha value is -2.73. The van der Waals surface area contributed by atoms with Gasteiger partial charge >= 0.3 is 5.97 Å². The van der Waals surface area contributed by atoms with Crippen LogP contribution < -0.4 is 14.8 Å². The molecule has 0 saturated carbocycles. The van der Waals surface area contributed by atoms with Gasteiger partial charge in [0.15, 0.2) is 6.61 Å². The third-order valence-corrected chi connectivity index (χ3v) is 4.06. The molecule has 138 valence electrons. The highest BCUT2D eigenvalue weighted by molar-refractivity contribution is 6.31. The molecule has 0 saturated heterocycles. The number of esters is 1. The van der Waals surface area contributed by atoms with Gasteiger partial charge in [0.05, 0.1) is 20.3 Å². The molecule has 0 aliphatic heterocycles. The van der Waals surface area contributed by atoms with E-state index in [0.717, 1.165) is 5.56 Å². The molecule has 0 aromatic heterocycles. The number of rotatable bonds is 7. The van der Waals surface area contributed by atoms with E-state index in [-0.39, 0.29) is 11.6 Å². The third-order valence-electron chi connectivity index (χ3n) is 3.71. The lowest BCUT2D eigenvalue weighted by Crippen LogP contribution is -2.31. The fourth-order valence-electron chi connectivity index (χ4n) is 2.36. The van der Waals surface area contributed by atoms with Gasteiger partial charge in [-0.25, -0.2) is 4.79 Å². The molecular weight excluding hydrogens is 358 g/mol. The number of hydrogen-bond donors (Lipinski definition) is 1. The molecule has 0 radical (unpaired) electrons. The van der Waals surface area contributed by atoms with Crippen molar-refractivity contribution in [2.75, 3.05) is 20.8 Å². The number of hydrogen-bond acceptors (Lipinski definition) is 5. The molecule has 6 nitrogen and oxygen atoms in total. The quantitative estimate of drug-likeness (QED) is 0.748. The average molecular weight is 378 g/mol. The van der Waals surface area contributed by atoms with Crippen LogP contribution in [0.5, 0.6) is 11.5 Å². The highest BCUT2D eigenvalue weighted by Crippen LogP contribution is 2.25. The maximum absolute atomic E-state index is 12.2. The number of nitrogens with one attached hydrogen (secondary N) is 1. The first-order chi connectivity index (χ1) is 12.5. The van der Waals surface area contributed by atoms with Gasteiger partial charge in [-0.05, 0) is 30.7 Å². The van der Waals surface area contributed by atoms with Gasteiger partial charge in [0.25, 0.3) is 5.91 Å². The Labute approximate surface area is 157 Å². The molecule has 0 bridgehead atoms. The number of carbonyl (C=O) groups excluding carboxylic acids is 2. The van der Waals surface area contributed by atoms with Crippen LogP contribution in [-0.4, -0.2) is 32.7 Å². The van der Waals surface area contributed by atoms with Gasteiger partial charge in [0.2, 0.25) is 0 Å². The number of benzene rings is 2. The normalized spacial score (nSPS) is 11.4. The van der Waals surface area contributed by atoms with E-state index >= 15 is 0 Å². The monoisotopic (exact) mass is 377 g/mol. The zero-order valence-electron chi connectivity index (χ0n) is 14.7. The number of amides is 1. The molecule has 2 aromatic rings. The van der Waals surface area contributed by atoms with Gasteiger partial charge < -0.3 is 19.5 Å². The lowest BCUT2D eigenvalue weighted by molar-refractivity contribution is -0.124. The molecule has 0 spiro atoms. The molecule has 2 rings (SSSR count). The molecule has 0 unspecified atom stereocenters. The maximum Gasteiger partial charge on any atom is 0.342 e. The molecule has 0 fully saturated rings. The van der Waals surface area contributed by atoms with Crippen molar-refractivity contribution in [2.24, 2.45) is 0 Å². The van der Waals surface area contributed by atoms with E-state index in [2.05, 4.69) is 5.32 Å². The summed E-state index contributed by atoms with van der Waals surface area (Å²) in [5.41, 5.74) is 0.992. The summed E-state index contributed by atoms with van der Waals surface area (Å²) in [6.07, 6.45) is 0. The lowest BCUT2D eigenvalue weighted by atomic mass is 10.1. The van der Waals surface area contributed by atoms with Crippen molar-refractivity contribution < 1.29 is 23.8 Å². The molecule has 7 heteroatoms. The van der Waals surface area contributed by atoms with Gasteiger partial charge in [0, 0.05) is 11.1 Å². The topological polar surface area (TPSA) is 73.9 Å². The number of halogens is 1. The number of methoxy groups -OCH3 is 2. The zero-order chi connectivity index (χ0) is 19.1. The van der Waals surface area contributed by atoms with E-state index in [9.17, 15) is 9.59 Å². The predicted molar refractivity (Wildman–Crippen MR) is 97.8 cm³/mol. The predicted octanol–water partition coefficient (Wildman–Crippen LogP) is 3.39. The van der Waals surface area contributed by atoms with Gasteiger partial charge in [0.1, 0.15) is 17.1 Å².